The Bertz CT molecular complexity index is 1260. The molecule has 0 atom stereocenters. The molecule has 0 bridgehead atoms. The molecular weight excluding hydrogens is 581 g/mol. The van der Waals surface area contributed by atoms with Crippen LogP contribution < -0.4 is 15.0 Å². The van der Waals surface area contributed by atoms with E-state index in [4.69, 9.17) is 4.74 Å². The van der Waals surface area contributed by atoms with Crippen molar-refractivity contribution in [3.05, 3.63) is 83.5 Å². The van der Waals surface area contributed by atoms with E-state index < -0.39 is 11.7 Å². The molecule has 0 aliphatic heterocycles. The van der Waals surface area contributed by atoms with E-state index in [0.29, 0.717) is 22.9 Å². The smallest absolute Gasteiger partial charge is 0.420 e. The van der Waals surface area contributed by atoms with Gasteiger partial charge in [0.2, 0.25) is 0 Å². The molecule has 2 aromatic carbocycles. The Balaban J connectivity index is 0.00000214. The zero-order valence-corrected chi connectivity index (χ0v) is 28.9. The molecule has 4 rings (SSSR count). The molecule has 0 radical (unpaired) electrons. The molecule has 2 heterocycles. The van der Waals surface area contributed by atoms with Crippen molar-refractivity contribution in [2.75, 3.05) is 30.9 Å². The van der Waals surface area contributed by atoms with E-state index in [2.05, 4.69) is 39.6 Å². The first-order valence-electron chi connectivity index (χ1n) is 15.5. The standard InChI is InChI=1S/C27H27F3N4OS.4C2H6/c1-34(2)22-11-8-19(9-12-22)6-3-4-15-35-25-13-10-21(16-23(25)27(28,29)30)32-26-33-24(18-36-26)20-7-5-14-31-17-20;4*1-2/h5,7-14,16-18H,3-4,6,15H2,1-2H3,(H,32,33);4*1-2H3. The maximum Gasteiger partial charge on any atom is 0.420 e. The van der Waals surface area contributed by atoms with Crippen LogP contribution in [-0.4, -0.2) is 30.7 Å². The molecule has 244 valence electrons. The van der Waals surface area contributed by atoms with Crippen molar-refractivity contribution >= 4 is 27.8 Å². The highest BCUT2D eigenvalue weighted by atomic mass is 32.1. The zero-order chi connectivity index (χ0) is 33.5. The number of aromatic nitrogens is 2. The van der Waals surface area contributed by atoms with Crippen LogP contribution >= 0.6 is 11.3 Å². The van der Waals surface area contributed by atoms with Crippen molar-refractivity contribution in [3.63, 3.8) is 0 Å². The van der Waals surface area contributed by atoms with Crippen LogP contribution in [0, 0.1) is 0 Å². The SMILES string of the molecule is CC.CC.CC.CC.CN(C)c1ccc(CCCCOc2ccc(Nc3nc(-c4cccnc4)cs3)cc2C(F)(F)F)cc1. The van der Waals surface area contributed by atoms with Crippen LogP contribution in [0.15, 0.2) is 72.4 Å². The highest BCUT2D eigenvalue weighted by Crippen LogP contribution is 2.39. The maximum atomic E-state index is 13.7. The molecule has 0 fully saturated rings. The summed E-state index contributed by atoms with van der Waals surface area (Å²) in [7, 11) is 3.98. The molecular formula is C35H51F3N4OS. The number of ether oxygens (including phenoxy) is 1. The van der Waals surface area contributed by atoms with Gasteiger partial charge in [-0.05, 0) is 67.3 Å². The molecule has 1 N–H and O–H groups in total. The summed E-state index contributed by atoms with van der Waals surface area (Å²) < 4.78 is 46.8. The number of thiazole rings is 1. The monoisotopic (exact) mass is 632 g/mol. The summed E-state index contributed by atoms with van der Waals surface area (Å²) in [5, 5.41) is 5.29. The van der Waals surface area contributed by atoms with E-state index in [-0.39, 0.29) is 12.4 Å². The zero-order valence-electron chi connectivity index (χ0n) is 28.0. The summed E-state index contributed by atoms with van der Waals surface area (Å²) >= 11 is 1.31. The summed E-state index contributed by atoms with van der Waals surface area (Å²) in [6.07, 6.45) is 1.15. The van der Waals surface area contributed by atoms with Crippen LogP contribution in [0.25, 0.3) is 11.3 Å². The normalized spacial score (nSPS) is 9.84. The first kappa shape index (κ1) is 40.4. The lowest BCUT2D eigenvalue weighted by atomic mass is 10.1. The number of benzene rings is 2. The Morgan fingerprint density at radius 3 is 2.09 bits per heavy atom. The van der Waals surface area contributed by atoms with Crippen molar-refractivity contribution in [1.29, 1.82) is 0 Å². The number of aryl methyl sites for hydroxylation is 1. The van der Waals surface area contributed by atoms with Crippen LogP contribution in [0.3, 0.4) is 0 Å². The second-order valence-corrected chi connectivity index (χ2v) is 9.34. The minimum Gasteiger partial charge on any atom is -0.493 e. The highest BCUT2D eigenvalue weighted by Gasteiger charge is 2.34. The Labute approximate surface area is 267 Å². The van der Waals surface area contributed by atoms with Gasteiger partial charge in [0.25, 0.3) is 0 Å². The van der Waals surface area contributed by atoms with E-state index >= 15 is 0 Å². The van der Waals surface area contributed by atoms with Gasteiger partial charge in [-0.25, -0.2) is 4.98 Å². The van der Waals surface area contributed by atoms with Crippen LogP contribution in [0.2, 0.25) is 0 Å². The number of pyridine rings is 1. The van der Waals surface area contributed by atoms with Gasteiger partial charge >= 0.3 is 6.18 Å². The molecule has 44 heavy (non-hydrogen) atoms. The minimum atomic E-state index is -4.54. The number of hydrogen-bond donors (Lipinski definition) is 1. The molecule has 0 unspecified atom stereocenters. The highest BCUT2D eigenvalue weighted by molar-refractivity contribution is 7.14. The second-order valence-electron chi connectivity index (χ2n) is 8.48. The van der Waals surface area contributed by atoms with Gasteiger partial charge in [-0.2, -0.15) is 13.2 Å². The minimum absolute atomic E-state index is 0.168. The Hall–Kier alpha value is -3.59. The van der Waals surface area contributed by atoms with Crippen LogP contribution in [-0.2, 0) is 12.6 Å². The number of halogens is 3. The number of anilines is 3. The topological polar surface area (TPSA) is 50.3 Å². The summed E-state index contributed by atoms with van der Waals surface area (Å²) in [5.41, 5.74) is 3.36. The molecule has 5 nitrogen and oxygen atoms in total. The number of rotatable bonds is 10. The van der Waals surface area contributed by atoms with Gasteiger partial charge in [-0.3, -0.25) is 4.98 Å². The van der Waals surface area contributed by atoms with E-state index in [9.17, 15) is 13.2 Å². The van der Waals surface area contributed by atoms with E-state index in [1.807, 2.05) is 85.8 Å². The molecule has 0 saturated carbocycles. The lowest BCUT2D eigenvalue weighted by molar-refractivity contribution is -0.138. The van der Waals surface area contributed by atoms with Crippen molar-refractivity contribution in [2.45, 2.75) is 80.8 Å². The fourth-order valence-corrected chi connectivity index (χ4v) is 4.37. The molecule has 9 heteroatoms. The van der Waals surface area contributed by atoms with Gasteiger partial charge in [0.1, 0.15) is 5.75 Å². The third-order valence-corrected chi connectivity index (χ3v) is 6.33. The summed E-state index contributed by atoms with van der Waals surface area (Å²) in [6, 6.07) is 15.9. The Kier molecular flexibility index (Phi) is 21.0. The van der Waals surface area contributed by atoms with Crippen molar-refractivity contribution < 1.29 is 17.9 Å². The third-order valence-electron chi connectivity index (χ3n) is 5.57. The predicted molar refractivity (Wildman–Crippen MR) is 185 cm³/mol. The predicted octanol–water partition coefficient (Wildman–Crippen LogP) is 11.5. The molecule has 0 spiro atoms. The van der Waals surface area contributed by atoms with Gasteiger partial charge in [0, 0.05) is 48.8 Å². The quantitative estimate of drug-likeness (QED) is 0.176. The van der Waals surface area contributed by atoms with Gasteiger partial charge in [-0.15, -0.1) is 11.3 Å². The third kappa shape index (κ3) is 13.8. The Morgan fingerprint density at radius 1 is 0.864 bits per heavy atom. The fraction of sp³-hybridized carbons (Fsp3) is 0.429. The van der Waals surface area contributed by atoms with Gasteiger partial charge in [-0.1, -0.05) is 67.5 Å². The average Bonchev–Trinajstić information content (AvgIpc) is 3.54. The lowest BCUT2D eigenvalue weighted by Gasteiger charge is -2.16. The average molecular weight is 633 g/mol. The first-order valence-corrected chi connectivity index (χ1v) is 16.4. The number of unbranched alkanes of at least 4 members (excludes halogenated alkanes) is 1. The molecule has 0 amide bonds. The van der Waals surface area contributed by atoms with Gasteiger partial charge < -0.3 is 15.0 Å². The largest absolute Gasteiger partial charge is 0.493 e. The molecule has 2 aromatic heterocycles. The van der Waals surface area contributed by atoms with Crippen molar-refractivity contribution in [1.82, 2.24) is 9.97 Å². The molecule has 4 aromatic rings. The lowest BCUT2D eigenvalue weighted by Crippen LogP contribution is -2.10. The summed E-state index contributed by atoms with van der Waals surface area (Å²) in [4.78, 5) is 10.6. The van der Waals surface area contributed by atoms with Crippen LogP contribution in [0.5, 0.6) is 5.75 Å². The van der Waals surface area contributed by atoms with E-state index in [1.165, 1.54) is 23.0 Å². The summed E-state index contributed by atoms with van der Waals surface area (Å²) in [6.45, 7) is 16.2. The van der Waals surface area contributed by atoms with E-state index in [1.54, 1.807) is 24.5 Å². The maximum absolute atomic E-state index is 13.7. The number of alkyl halides is 3. The number of nitrogens with one attached hydrogen (secondary N) is 1. The number of hydrogen-bond acceptors (Lipinski definition) is 6. The van der Waals surface area contributed by atoms with Crippen molar-refractivity contribution in [2.24, 2.45) is 0 Å². The van der Waals surface area contributed by atoms with Crippen molar-refractivity contribution in [3.8, 4) is 17.0 Å². The second kappa shape index (κ2) is 22.9. The van der Waals surface area contributed by atoms with Gasteiger partial charge in [0.05, 0.1) is 17.9 Å². The molecule has 0 aliphatic rings. The Morgan fingerprint density at radius 2 is 1.52 bits per heavy atom. The summed E-state index contributed by atoms with van der Waals surface area (Å²) in [5.74, 6) is -0.168. The van der Waals surface area contributed by atoms with Gasteiger partial charge in [0.15, 0.2) is 5.13 Å². The van der Waals surface area contributed by atoms with E-state index in [0.717, 1.165) is 30.2 Å². The molecule has 0 saturated heterocycles. The van der Waals surface area contributed by atoms with Crippen LogP contribution in [0.1, 0.15) is 79.4 Å². The molecule has 0 aliphatic carbocycles. The number of nitrogens with zero attached hydrogens (tertiary/aromatic N) is 3. The fourth-order valence-electron chi connectivity index (χ4n) is 3.63. The van der Waals surface area contributed by atoms with Crippen LogP contribution in [0.4, 0.5) is 29.7 Å². The first-order chi connectivity index (χ1) is 21.3.